The predicted octanol–water partition coefficient (Wildman–Crippen LogP) is 2.53. The van der Waals surface area contributed by atoms with E-state index in [0.29, 0.717) is 13.2 Å². The molecule has 0 radical (unpaired) electrons. The van der Waals surface area contributed by atoms with E-state index in [1.54, 1.807) is 0 Å². The lowest BCUT2D eigenvalue weighted by molar-refractivity contribution is -0.193. The highest BCUT2D eigenvalue weighted by atomic mass is 28.4. The summed E-state index contributed by atoms with van der Waals surface area (Å²) in [5, 5.41) is 0. The molecule has 1 saturated carbocycles. The van der Waals surface area contributed by atoms with Crippen LogP contribution in [0.3, 0.4) is 0 Å². The minimum absolute atomic E-state index is 0.358. The highest BCUT2D eigenvalue weighted by Crippen LogP contribution is 2.42. The first kappa shape index (κ1) is 13.1. The lowest BCUT2D eigenvalue weighted by atomic mass is 9.82. The number of hydrogen-bond acceptors (Lipinski definition) is 3. The molecule has 3 nitrogen and oxygen atoms in total. The zero-order valence-electron chi connectivity index (χ0n) is 11.0. The number of terminal acetylenes is 1. The van der Waals surface area contributed by atoms with Gasteiger partial charge in [-0.05, 0) is 32.5 Å². The van der Waals surface area contributed by atoms with Crippen molar-refractivity contribution in [3.8, 4) is 12.3 Å². The molecule has 4 heteroatoms. The van der Waals surface area contributed by atoms with Gasteiger partial charge in [-0.3, -0.25) is 0 Å². The van der Waals surface area contributed by atoms with Crippen molar-refractivity contribution in [1.82, 2.24) is 0 Å². The standard InChI is InChI=1S/C13H22O3Si/c1-5-12(16-17(2,3)4)6-8-13(9-7-12)14-10-11-15-13/h1H,6-11H2,2-4H3. The summed E-state index contributed by atoms with van der Waals surface area (Å²) in [6.07, 6.45) is 9.08. The molecule has 0 bridgehead atoms. The molecule has 96 valence electrons. The topological polar surface area (TPSA) is 27.7 Å². The van der Waals surface area contributed by atoms with Gasteiger partial charge in [-0.1, -0.05) is 5.92 Å². The molecule has 0 aromatic heterocycles. The lowest BCUT2D eigenvalue weighted by Crippen LogP contribution is -2.48. The van der Waals surface area contributed by atoms with Gasteiger partial charge in [0.25, 0.3) is 0 Å². The molecular weight excluding hydrogens is 232 g/mol. The lowest BCUT2D eigenvalue weighted by Gasteiger charge is -2.43. The van der Waals surface area contributed by atoms with Crippen LogP contribution >= 0.6 is 0 Å². The van der Waals surface area contributed by atoms with Gasteiger partial charge in [-0.2, -0.15) is 0 Å². The molecule has 0 aromatic rings. The van der Waals surface area contributed by atoms with Crippen molar-refractivity contribution in [2.24, 2.45) is 0 Å². The van der Waals surface area contributed by atoms with Crippen molar-refractivity contribution in [2.75, 3.05) is 13.2 Å². The Morgan fingerprint density at radius 2 is 1.59 bits per heavy atom. The Morgan fingerprint density at radius 1 is 1.06 bits per heavy atom. The SMILES string of the molecule is C#CC1(O[Si](C)(C)C)CCC2(CC1)OCCO2. The molecule has 0 aromatic carbocycles. The fraction of sp³-hybridized carbons (Fsp3) is 0.846. The Morgan fingerprint density at radius 3 is 2.00 bits per heavy atom. The van der Waals surface area contributed by atoms with E-state index >= 15 is 0 Å². The van der Waals surface area contributed by atoms with E-state index in [0.717, 1.165) is 25.7 Å². The van der Waals surface area contributed by atoms with Crippen LogP contribution < -0.4 is 0 Å². The quantitative estimate of drug-likeness (QED) is 0.560. The minimum atomic E-state index is -1.61. The van der Waals surface area contributed by atoms with Crippen LogP contribution in [0.4, 0.5) is 0 Å². The van der Waals surface area contributed by atoms with E-state index in [-0.39, 0.29) is 11.4 Å². The van der Waals surface area contributed by atoms with E-state index in [4.69, 9.17) is 20.3 Å². The maximum Gasteiger partial charge on any atom is 0.185 e. The van der Waals surface area contributed by atoms with E-state index in [9.17, 15) is 0 Å². The van der Waals surface area contributed by atoms with Crippen molar-refractivity contribution in [3.05, 3.63) is 0 Å². The average Bonchev–Trinajstić information content (AvgIpc) is 2.69. The maximum absolute atomic E-state index is 6.21. The summed E-state index contributed by atoms with van der Waals surface area (Å²) >= 11 is 0. The predicted molar refractivity (Wildman–Crippen MR) is 69.1 cm³/mol. The third-order valence-electron chi connectivity index (χ3n) is 3.40. The van der Waals surface area contributed by atoms with Crippen molar-refractivity contribution in [2.45, 2.75) is 56.7 Å². The largest absolute Gasteiger partial charge is 0.402 e. The normalized spacial score (nSPS) is 26.9. The highest BCUT2D eigenvalue weighted by Gasteiger charge is 2.47. The number of ether oxygens (including phenoxy) is 2. The van der Waals surface area contributed by atoms with Gasteiger partial charge in [0.15, 0.2) is 14.1 Å². The summed E-state index contributed by atoms with van der Waals surface area (Å²) < 4.78 is 17.6. The molecule has 2 fully saturated rings. The molecule has 0 N–H and O–H groups in total. The van der Waals surface area contributed by atoms with E-state index in [1.165, 1.54) is 0 Å². The van der Waals surface area contributed by atoms with Crippen LogP contribution in [-0.2, 0) is 13.9 Å². The van der Waals surface area contributed by atoms with E-state index in [2.05, 4.69) is 25.6 Å². The van der Waals surface area contributed by atoms with Gasteiger partial charge in [0.05, 0.1) is 13.2 Å². The van der Waals surface area contributed by atoms with Crippen LogP contribution in [0.1, 0.15) is 25.7 Å². The molecule has 0 unspecified atom stereocenters. The van der Waals surface area contributed by atoms with Crippen molar-refractivity contribution in [3.63, 3.8) is 0 Å². The Labute approximate surface area is 105 Å². The first-order valence-electron chi connectivity index (χ1n) is 6.35. The van der Waals surface area contributed by atoms with Crippen molar-refractivity contribution >= 4 is 8.32 Å². The zero-order valence-corrected chi connectivity index (χ0v) is 12.0. The Kier molecular flexibility index (Phi) is 3.39. The monoisotopic (exact) mass is 254 g/mol. The van der Waals surface area contributed by atoms with Gasteiger partial charge in [-0.15, -0.1) is 6.42 Å². The van der Waals surface area contributed by atoms with Gasteiger partial charge >= 0.3 is 0 Å². The molecule has 1 aliphatic carbocycles. The second kappa shape index (κ2) is 4.40. The summed E-state index contributed by atoms with van der Waals surface area (Å²) in [6.45, 7) is 7.95. The van der Waals surface area contributed by atoms with Crippen LogP contribution in [0.25, 0.3) is 0 Å². The van der Waals surface area contributed by atoms with Gasteiger partial charge in [0.1, 0.15) is 5.60 Å². The second-order valence-electron chi connectivity index (χ2n) is 5.96. The smallest absolute Gasteiger partial charge is 0.185 e. The van der Waals surface area contributed by atoms with Crippen molar-refractivity contribution in [1.29, 1.82) is 0 Å². The van der Waals surface area contributed by atoms with Crippen LogP contribution in [0, 0.1) is 12.3 Å². The summed E-state index contributed by atoms with van der Waals surface area (Å²) in [4.78, 5) is 0. The van der Waals surface area contributed by atoms with Crippen LogP contribution in [0.15, 0.2) is 0 Å². The molecular formula is C13H22O3Si. The molecule has 2 rings (SSSR count). The van der Waals surface area contributed by atoms with Crippen LogP contribution in [0.2, 0.25) is 19.6 Å². The van der Waals surface area contributed by atoms with Crippen LogP contribution in [-0.4, -0.2) is 32.9 Å². The average molecular weight is 254 g/mol. The molecule has 17 heavy (non-hydrogen) atoms. The van der Waals surface area contributed by atoms with Gasteiger partial charge in [-0.25, -0.2) is 0 Å². The fourth-order valence-corrected chi connectivity index (χ4v) is 4.12. The zero-order chi connectivity index (χ0) is 12.6. The first-order valence-corrected chi connectivity index (χ1v) is 9.75. The van der Waals surface area contributed by atoms with Gasteiger partial charge in [0.2, 0.25) is 0 Å². The summed E-state index contributed by atoms with van der Waals surface area (Å²) in [5.74, 6) is 2.52. The van der Waals surface area contributed by atoms with Gasteiger partial charge in [0, 0.05) is 12.8 Å². The first-order chi connectivity index (χ1) is 7.89. The maximum atomic E-state index is 6.21. The molecule has 0 atom stereocenters. The summed E-state index contributed by atoms with van der Waals surface area (Å²) in [6, 6.07) is 0. The minimum Gasteiger partial charge on any atom is -0.402 e. The molecule has 1 aliphatic heterocycles. The van der Waals surface area contributed by atoms with E-state index < -0.39 is 8.32 Å². The third-order valence-corrected chi connectivity index (χ3v) is 4.40. The Balaban J connectivity index is 2.02. The molecule has 1 heterocycles. The number of rotatable bonds is 2. The van der Waals surface area contributed by atoms with Crippen molar-refractivity contribution < 1.29 is 13.9 Å². The van der Waals surface area contributed by atoms with Gasteiger partial charge < -0.3 is 13.9 Å². The van der Waals surface area contributed by atoms with E-state index in [1.807, 2.05) is 0 Å². The molecule has 2 aliphatic rings. The Bertz CT molecular complexity index is 311. The third kappa shape index (κ3) is 2.91. The molecule has 1 spiro atoms. The molecule has 1 saturated heterocycles. The van der Waals surface area contributed by atoms with Crippen LogP contribution in [0.5, 0.6) is 0 Å². The second-order valence-corrected chi connectivity index (χ2v) is 10.4. The highest BCUT2D eigenvalue weighted by molar-refractivity contribution is 6.69. The Hall–Kier alpha value is -0.343. The summed E-state index contributed by atoms with van der Waals surface area (Å²) in [5.41, 5.74) is -0.384. The number of hydrogen-bond donors (Lipinski definition) is 0. The summed E-state index contributed by atoms with van der Waals surface area (Å²) in [7, 11) is -1.61. The fourth-order valence-electron chi connectivity index (χ4n) is 2.68. The molecule has 0 amide bonds.